The van der Waals surface area contributed by atoms with E-state index in [2.05, 4.69) is 4.98 Å². The minimum Gasteiger partial charge on any atom is -0.321 e. The Morgan fingerprint density at radius 2 is 2.06 bits per heavy atom. The Kier molecular flexibility index (Phi) is 3.64. The molecule has 1 heterocycles. The van der Waals surface area contributed by atoms with E-state index in [1.54, 1.807) is 6.92 Å². The molecule has 0 fully saturated rings. The van der Waals surface area contributed by atoms with Gasteiger partial charge >= 0.3 is 6.18 Å². The van der Waals surface area contributed by atoms with Crippen LogP contribution in [0, 0.1) is 5.92 Å². The Balaban J connectivity index is 3.02. The highest BCUT2D eigenvalue weighted by atomic mass is 32.1. The number of hydrogen-bond acceptors (Lipinski definition) is 3. The molecule has 92 valence electrons. The maximum atomic E-state index is 12.4. The standard InChI is InChI=1S/C10H15F3N2S/c1-4-6(2)9(3,14)7-5-15-8(16-7)10(11,12)13/h5-6H,4,14H2,1-3H3. The second-order valence-electron chi connectivity index (χ2n) is 4.12. The molecule has 0 aliphatic heterocycles. The van der Waals surface area contributed by atoms with Crippen molar-refractivity contribution >= 4 is 11.3 Å². The van der Waals surface area contributed by atoms with Gasteiger partial charge in [0.1, 0.15) is 0 Å². The molecular weight excluding hydrogens is 237 g/mol. The zero-order chi connectivity index (χ0) is 12.6. The van der Waals surface area contributed by atoms with Gasteiger partial charge in [-0.05, 0) is 12.8 Å². The summed E-state index contributed by atoms with van der Waals surface area (Å²) in [7, 11) is 0. The molecule has 0 saturated heterocycles. The lowest BCUT2D eigenvalue weighted by molar-refractivity contribution is -0.137. The van der Waals surface area contributed by atoms with Crippen molar-refractivity contribution in [3.63, 3.8) is 0 Å². The third-order valence-corrected chi connectivity index (χ3v) is 4.21. The fourth-order valence-corrected chi connectivity index (χ4v) is 2.28. The first-order chi connectivity index (χ1) is 7.19. The molecule has 1 aromatic heterocycles. The van der Waals surface area contributed by atoms with E-state index in [1.165, 1.54) is 6.20 Å². The maximum Gasteiger partial charge on any atom is 0.443 e. The number of alkyl halides is 3. The molecule has 2 nitrogen and oxygen atoms in total. The molecule has 0 saturated carbocycles. The average molecular weight is 252 g/mol. The molecule has 2 unspecified atom stereocenters. The lowest BCUT2D eigenvalue weighted by Crippen LogP contribution is -2.38. The van der Waals surface area contributed by atoms with Gasteiger partial charge in [-0.25, -0.2) is 4.98 Å². The van der Waals surface area contributed by atoms with Gasteiger partial charge in [0.2, 0.25) is 0 Å². The van der Waals surface area contributed by atoms with Crippen LogP contribution in [0.2, 0.25) is 0 Å². The first-order valence-electron chi connectivity index (χ1n) is 5.02. The fraction of sp³-hybridized carbons (Fsp3) is 0.700. The van der Waals surface area contributed by atoms with Crippen molar-refractivity contribution < 1.29 is 13.2 Å². The summed E-state index contributed by atoms with van der Waals surface area (Å²) < 4.78 is 37.1. The predicted molar refractivity (Wildman–Crippen MR) is 58.1 cm³/mol. The van der Waals surface area contributed by atoms with E-state index in [0.29, 0.717) is 16.2 Å². The molecule has 0 spiro atoms. The summed E-state index contributed by atoms with van der Waals surface area (Å²) in [5, 5.41) is -0.831. The van der Waals surface area contributed by atoms with Crippen LogP contribution < -0.4 is 5.73 Å². The third-order valence-electron chi connectivity index (χ3n) is 2.92. The van der Waals surface area contributed by atoms with Gasteiger partial charge in [0.25, 0.3) is 0 Å². The normalized spacial score (nSPS) is 18.2. The molecule has 1 aromatic rings. The highest BCUT2D eigenvalue weighted by molar-refractivity contribution is 7.11. The summed E-state index contributed by atoms with van der Waals surface area (Å²) in [4.78, 5) is 3.86. The lowest BCUT2D eigenvalue weighted by Gasteiger charge is -2.29. The molecular formula is C10H15F3N2S. The molecule has 0 amide bonds. The number of rotatable bonds is 3. The van der Waals surface area contributed by atoms with Gasteiger partial charge in [0, 0.05) is 11.1 Å². The van der Waals surface area contributed by atoms with Crippen LogP contribution in [0.4, 0.5) is 13.2 Å². The van der Waals surface area contributed by atoms with Gasteiger partial charge in [0.15, 0.2) is 5.01 Å². The average Bonchev–Trinajstić information content (AvgIpc) is 2.64. The van der Waals surface area contributed by atoms with Crippen LogP contribution >= 0.6 is 11.3 Å². The summed E-state index contributed by atoms with van der Waals surface area (Å²) in [6, 6.07) is 0. The first-order valence-corrected chi connectivity index (χ1v) is 5.83. The van der Waals surface area contributed by atoms with E-state index in [4.69, 9.17) is 5.73 Å². The summed E-state index contributed by atoms with van der Waals surface area (Å²) in [6.45, 7) is 5.63. The Bertz CT molecular complexity index is 357. The Morgan fingerprint density at radius 3 is 2.44 bits per heavy atom. The number of hydrogen-bond donors (Lipinski definition) is 1. The third kappa shape index (κ3) is 2.55. The summed E-state index contributed by atoms with van der Waals surface area (Å²) in [5.74, 6) is 0.106. The van der Waals surface area contributed by atoms with Crippen molar-refractivity contribution in [2.24, 2.45) is 11.7 Å². The van der Waals surface area contributed by atoms with Crippen LogP contribution in [0.1, 0.15) is 37.1 Å². The fourth-order valence-electron chi connectivity index (χ4n) is 1.32. The van der Waals surface area contributed by atoms with Crippen molar-refractivity contribution in [3.8, 4) is 0 Å². The van der Waals surface area contributed by atoms with E-state index in [1.807, 2.05) is 13.8 Å². The van der Waals surface area contributed by atoms with Gasteiger partial charge in [-0.2, -0.15) is 13.2 Å². The molecule has 0 aliphatic carbocycles. The zero-order valence-corrected chi connectivity index (χ0v) is 10.2. The molecule has 0 bridgehead atoms. The molecule has 2 atom stereocenters. The van der Waals surface area contributed by atoms with Gasteiger partial charge < -0.3 is 5.73 Å². The largest absolute Gasteiger partial charge is 0.443 e. The molecule has 0 aromatic carbocycles. The predicted octanol–water partition coefficient (Wildman–Crippen LogP) is 3.38. The monoisotopic (exact) mass is 252 g/mol. The van der Waals surface area contributed by atoms with Crippen LogP contribution in [0.15, 0.2) is 6.20 Å². The van der Waals surface area contributed by atoms with Crippen LogP contribution in [-0.4, -0.2) is 4.98 Å². The van der Waals surface area contributed by atoms with Gasteiger partial charge in [-0.3, -0.25) is 0 Å². The molecule has 0 radical (unpaired) electrons. The van der Waals surface area contributed by atoms with E-state index in [0.717, 1.165) is 6.42 Å². The zero-order valence-electron chi connectivity index (χ0n) is 9.43. The lowest BCUT2D eigenvalue weighted by atomic mass is 9.85. The second-order valence-corrected chi connectivity index (χ2v) is 5.15. The quantitative estimate of drug-likeness (QED) is 0.895. The molecule has 6 heteroatoms. The Hall–Kier alpha value is -0.620. The van der Waals surface area contributed by atoms with E-state index in [-0.39, 0.29) is 5.92 Å². The van der Waals surface area contributed by atoms with E-state index < -0.39 is 16.7 Å². The van der Waals surface area contributed by atoms with Gasteiger partial charge in [0.05, 0.1) is 5.54 Å². The summed E-state index contributed by atoms with van der Waals surface area (Å²) in [6.07, 6.45) is -2.33. The van der Waals surface area contributed by atoms with Crippen LogP contribution in [0.25, 0.3) is 0 Å². The van der Waals surface area contributed by atoms with Crippen molar-refractivity contribution in [1.82, 2.24) is 4.98 Å². The Morgan fingerprint density at radius 1 is 1.50 bits per heavy atom. The number of aromatic nitrogens is 1. The second kappa shape index (κ2) is 4.33. The topological polar surface area (TPSA) is 38.9 Å². The smallest absolute Gasteiger partial charge is 0.321 e. The first kappa shape index (κ1) is 13.4. The number of nitrogens with two attached hydrogens (primary N) is 1. The maximum absolute atomic E-state index is 12.4. The number of thiazole rings is 1. The van der Waals surface area contributed by atoms with Crippen LogP contribution in [-0.2, 0) is 11.7 Å². The number of nitrogens with zero attached hydrogens (tertiary/aromatic N) is 1. The highest BCUT2D eigenvalue weighted by Crippen LogP contribution is 2.38. The van der Waals surface area contributed by atoms with Crippen LogP contribution in [0.3, 0.4) is 0 Å². The van der Waals surface area contributed by atoms with Crippen molar-refractivity contribution in [1.29, 1.82) is 0 Å². The van der Waals surface area contributed by atoms with Crippen LogP contribution in [0.5, 0.6) is 0 Å². The van der Waals surface area contributed by atoms with Gasteiger partial charge in [-0.15, -0.1) is 11.3 Å². The van der Waals surface area contributed by atoms with E-state index in [9.17, 15) is 13.2 Å². The Labute approximate surface area is 96.7 Å². The minimum atomic E-state index is -4.38. The number of halogens is 3. The molecule has 0 aliphatic rings. The molecule has 1 rings (SSSR count). The summed E-state index contributed by atoms with van der Waals surface area (Å²) >= 11 is 0.629. The van der Waals surface area contributed by atoms with E-state index >= 15 is 0 Å². The van der Waals surface area contributed by atoms with Crippen molar-refractivity contribution in [2.45, 2.75) is 38.9 Å². The molecule has 2 N–H and O–H groups in total. The van der Waals surface area contributed by atoms with Gasteiger partial charge in [-0.1, -0.05) is 20.3 Å². The van der Waals surface area contributed by atoms with Crippen molar-refractivity contribution in [2.75, 3.05) is 0 Å². The summed E-state index contributed by atoms with van der Waals surface area (Å²) in [5.41, 5.74) is 5.30. The minimum absolute atomic E-state index is 0.106. The molecule has 16 heavy (non-hydrogen) atoms. The van der Waals surface area contributed by atoms with Crippen molar-refractivity contribution in [3.05, 3.63) is 16.1 Å². The highest BCUT2D eigenvalue weighted by Gasteiger charge is 2.37. The SMILES string of the molecule is CCC(C)C(C)(N)c1cnc(C(F)(F)F)s1.